The number of nitrogens with one attached hydrogen (secondary N) is 1. The Labute approximate surface area is 216 Å². The van der Waals surface area contributed by atoms with Crippen molar-refractivity contribution >= 4 is 46.6 Å². The second-order valence-electron chi connectivity index (χ2n) is 8.74. The van der Waals surface area contributed by atoms with Crippen LogP contribution in [0.5, 0.6) is 5.75 Å². The van der Waals surface area contributed by atoms with Gasteiger partial charge in [0.25, 0.3) is 5.91 Å². The number of amides is 2. The lowest BCUT2D eigenvalue weighted by molar-refractivity contribution is -0.143. The largest absolute Gasteiger partial charge is 0.484 e. The van der Waals surface area contributed by atoms with Crippen LogP contribution in [0, 0.1) is 6.92 Å². The van der Waals surface area contributed by atoms with Gasteiger partial charge >= 0.3 is 0 Å². The Hall–Kier alpha value is -1.95. The fraction of sp³-hybridized carbons (Fsp3) is 0.462. The summed E-state index contributed by atoms with van der Waals surface area (Å²) >= 11 is 18.4. The van der Waals surface area contributed by atoms with E-state index in [1.807, 2.05) is 19.9 Å². The van der Waals surface area contributed by atoms with Gasteiger partial charge in [-0.15, -0.1) is 0 Å². The lowest BCUT2D eigenvalue weighted by Gasteiger charge is -2.32. The summed E-state index contributed by atoms with van der Waals surface area (Å²) in [7, 11) is 0. The zero-order chi connectivity index (χ0) is 24.7. The Balaban J connectivity index is 1.78. The molecule has 2 aromatic rings. The molecule has 1 unspecified atom stereocenters. The van der Waals surface area contributed by atoms with E-state index in [1.165, 1.54) is 6.42 Å². The van der Waals surface area contributed by atoms with Crippen LogP contribution < -0.4 is 10.1 Å². The van der Waals surface area contributed by atoms with Crippen LogP contribution >= 0.6 is 34.8 Å². The molecule has 0 spiro atoms. The summed E-state index contributed by atoms with van der Waals surface area (Å²) in [5.41, 5.74) is 1.64. The Morgan fingerprint density at radius 1 is 1.03 bits per heavy atom. The van der Waals surface area contributed by atoms with Crippen LogP contribution in [-0.2, 0) is 16.1 Å². The number of nitrogens with zero attached hydrogens (tertiary/aromatic N) is 1. The number of halogens is 3. The average Bonchev–Trinajstić information content (AvgIpc) is 2.82. The monoisotopic (exact) mass is 524 g/mol. The smallest absolute Gasteiger partial charge is 0.261 e. The molecule has 0 saturated heterocycles. The van der Waals surface area contributed by atoms with Gasteiger partial charge in [-0.2, -0.15) is 0 Å². The Kier molecular flexibility index (Phi) is 9.93. The molecule has 0 radical (unpaired) electrons. The van der Waals surface area contributed by atoms with Crippen LogP contribution in [0.15, 0.2) is 36.4 Å². The average molecular weight is 526 g/mol. The predicted octanol–water partition coefficient (Wildman–Crippen LogP) is 6.59. The standard InChI is InChI=1S/C26H31Cl3N2O3/c1-3-24(26(33)30-19-7-5-4-6-8-19)31(15-18-9-11-22(28)23(29)14-18)25(32)16-34-20-10-12-21(27)17(2)13-20/h9-14,19,24H,3-8,15-16H2,1-2H3,(H,30,33). The summed E-state index contributed by atoms with van der Waals surface area (Å²) in [5.74, 6) is 0.124. The molecule has 2 amide bonds. The molecule has 0 heterocycles. The van der Waals surface area contributed by atoms with Crippen molar-refractivity contribution < 1.29 is 14.3 Å². The molecule has 1 aliphatic carbocycles. The van der Waals surface area contributed by atoms with Crippen molar-refractivity contribution in [2.75, 3.05) is 6.61 Å². The first kappa shape index (κ1) is 26.7. The Morgan fingerprint density at radius 2 is 1.74 bits per heavy atom. The number of rotatable bonds is 9. The fourth-order valence-corrected chi connectivity index (χ4v) is 4.67. The summed E-state index contributed by atoms with van der Waals surface area (Å²) in [6.07, 6.45) is 5.85. The molecule has 1 saturated carbocycles. The number of ether oxygens (including phenoxy) is 1. The van der Waals surface area contributed by atoms with Gasteiger partial charge in [0.15, 0.2) is 6.61 Å². The highest BCUT2D eigenvalue weighted by molar-refractivity contribution is 6.42. The highest BCUT2D eigenvalue weighted by Gasteiger charge is 2.30. The SMILES string of the molecule is CCC(C(=O)NC1CCCCC1)N(Cc1ccc(Cl)c(Cl)c1)C(=O)COc1ccc(Cl)c(C)c1. The number of hydrogen-bond acceptors (Lipinski definition) is 3. The lowest BCUT2D eigenvalue weighted by atomic mass is 9.95. The number of carbonyl (C=O) groups is 2. The Morgan fingerprint density at radius 3 is 2.38 bits per heavy atom. The highest BCUT2D eigenvalue weighted by atomic mass is 35.5. The molecule has 5 nitrogen and oxygen atoms in total. The maximum Gasteiger partial charge on any atom is 0.261 e. The van der Waals surface area contributed by atoms with Gasteiger partial charge in [-0.3, -0.25) is 9.59 Å². The van der Waals surface area contributed by atoms with Crippen molar-refractivity contribution in [3.05, 3.63) is 62.6 Å². The van der Waals surface area contributed by atoms with E-state index in [0.717, 1.165) is 36.8 Å². The topological polar surface area (TPSA) is 58.6 Å². The minimum atomic E-state index is -0.626. The Bertz CT molecular complexity index is 1010. The van der Waals surface area contributed by atoms with E-state index in [0.29, 0.717) is 27.2 Å². The molecule has 1 fully saturated rings. The van der Waals surface area contributed by atoms with Gasteiger partial charge in [-0.1, -0.05) is 67.1 Å². The quantitative estimate of drug-likeness (QED) is 0.402. The molecule has 8 heteroatoms. The molecule has 0 aromatic heterocycles. The van der Waals surface area contributed by atoms with Crippen molar-refractivity contribution in [2.24, 2.45) is 0 Å². The molecule has 1 N–H and O–H groups in total. The van der Waals surface area contributed by atoms with Gasteiger partial charge in [0.1, 0.15) is 11.8 Å². The summed E-state index contributed by atoms with van der Waals surface area (Å²) in [5, 5.41) is 4.63. The van der Waals surface area contributed by atoms with E-state index >= 15 is 0 Å². The molecule has 3 rings (SSSR count). The summed E-state index contributed by atoms with van der Waals surface area (Å²) in [6.45, 7) is 3.80. The molecule has 34 heavy (non-hydrogen) atoms. The minimum absolute atomic E-state index is 0.134. The molecule has 0 aliphatic heterocycles. The number of benzene rings is 2. The molecule has 1 atom stereocenters. The van der Waals surface area contributed by atoms with Crippen LogP contribution in [0.2, 0.25) is 15.1 Å². The first-order valence-corrected chi connectivity index (χ1v) is 12.8. The molecule has 184 valence electrons. The van der Waals surface area contributed by atoms with Crippen LogP contribution in [-0.4, -0.2) is 35.4 Å². The van der Waals surface area contributed by atoms with Crippen LogP contribution in [0.4, 0.5) is 0 Å². The fourth-order valence-electron chi connectivity index (χ4n) is 4.23. The summed E-state index contributed by atoms with van der Waals surface area (Å²) < 4.78 is 5.76. The van der Waals surface area contributed by atoms with Crippen molar-refractivity contribution in [3.63, 3.8) is 0 Å². The van der Waals surface area contributed by atoms with Gasteiger partial charge in [0.05, 0.1) is 10.0 Å². The van der Waals surface area contributed by atoms with Gasteiger partial charge in [-0.25, -0.2) is 0 Å². The molecular formula is C26H31Cl3N2O3. The van der Waals surface area contributed by atoms with E-state index in [9.17, 15) is 9.59 Å². The zero-order valence-corrected chi connectivity index (χ0v) is 21.8. The predicted molar refractivity (Wildman–Crippen MR) is 138 cm³/mol. The highest BCUT2D eigenvalue weighted by Crippen LogP contribution is 2.25. The first-order valence-electron chi connectivity index (χ1n) is 11.7. The molecule has 2 aromatic carbocycles. The lowest BCUT2D eigenvalue weighted by Crippen LogP contribution is -2.52. The second-order valence-corrected chi connectivity index (χ2v) is 9.96. The maximum absolute atomic E-state index is 13.4. The molecule has 0 bridgehead atoms. The van der Waals surface area contributed by atoms with Gasteiger partial charge in [0.2, 0.25) is 5.91 Å². The van der Waals surface area contributed by atoms with E-state index < -0.39 is 6.04 Å². The third kappa shape index (κ3) is 7.27. The van der Waals surface area contributed by atoms with Crippen molar-refractivity contribution in [3.8, 4) is 5.75 Å². The molecular weight excluding hydrogens is 495 g/mol. The van der Waals surface area contributed by atoms with Crippen LogP contribution in [0.25, 0.3) is 0 Å². The van der Waals surface area contributed by atoms with Crippen LogP contribution in [0.3, 0.4) is 0 Å². The van der Waals surface area contributed by atoms with E-state index in [-0.39, 0.29) is 31.0 Å². The van der Waals surface area contributed by atoms with E-state index in [4.69, 9.17) is 39.5 Å². The first-order chi connectivity index (χ1) is 16.3. The number of hydrogen-bond donors (Lipinski definition) is 1. The number of carbonyl (C=O) groups excluding carboxylic acids is 2. The van der Waals surface area contributed by atoms with Crippen molar-refractivity contribution in [1.82, 2.24) is 10.2 Å². The molecule has 1 aliphatic rings. The van der Waals surface area contributed by atoms with Crippen LogP contribution in [0.1, 0.15) is 56.6 Å². The van der Waals surface area contributed by atoms with Crippen molar-refractivity contribution in [2.45, 2.75) is 71.0 Å². The minimum Gasteiger partial charge on any atom is -0.484 e. The van der Waals surface area contributed by atoms with Gasteiger partial charge in [-0.05, 0) is 67.6 Å². The van der Waals surface area contributed by atoms with E-state index in [2.05, 4.69) is 5.32 Å². The van der Waals surface area contributed by atoms with Crippen molar-refractivity contribution in [1.29, 1.82) is 0 Å². The summed E-state index contributed by atoms with van der Waals surface area (Å²) in [4.78, 5) is 28.2. The zero-order valence-electron chi connectivity index (χ0n) is 19.6. The van der Waals surface area contributed by atoms with E-state index in [1.54, 1.807) is 35.2 Å². The maximum atomic E-state index is 13.4. The third-order valence-electron chi connectivity index (χ3n) is 6.17. The normalized spacial score (nSPS) is 15.0. The second kappa shape index (κ2) is 12.7. The summed E-state index contributed by atoms with van der Waals surface area (Å²) in [6, 6.07) is 9.99. The van der Waals surface area contributed by atoms with Gasteiger partial charge < -0.3 is 15.0 Å². The third-order valence-corrected chi connectivity index (χ3v) is 7.33. The van der Waals surface area contributed by atoms with Gasteiger partial charge in [0, 0.05) is 17.6 Å². The number of aryl methyl sites for hydroxylation is 1.